The van der Waals surface area contributed by atoms with Gasteiger partial charge in [-0.3, -0.25) is 9.88 Å². The molecule has 0 saturated carbocycles. The van der Waals surface area contributed by atoms with Gasteiger partial charge in [-0.15, -0.1) is 10.2 Å². The summed E-state index contributed by atoms with van der Waals surface area (Å²) >= 11 is 0. The SMILES string of the molecule is Cn1nnc(-c2ccc(-c3ccc(N4C[C@H](COC[CH]CO)OC4=O)cc3F)cn2)n1. The summed E-state index contributed by atoms with van der Waals surface area (Å²) in [6, 6.07) is 7.95. The summed E-state index contributed by atoms with van der Waals surface area (Å²) in [6.45, 7) is 0.612. The smallest absolute Gasteiger partial charge is 0.414 e. The number of hydrogen-bond donors (Lipinski definition) is 1. The minimum atomic E-state index is -0.561. The van der Waals surface area contributed by atoms with Crippen LogP contribution in [-0.4, -0.2) is 68.9 Å². The number of pyridine rings is 1. The van der Waals surface area contributed by atoms with Crippen LogP contribution in [0.2, 0.25) is 0 Å². The summed E-state index contributed by atoms with van der Waals surface area (Å²) in [4.78, 5) is 19.1. The number of nitrogens with zero attached hydrogens (tertiary/aromatic N) is 6. The number of aromatic nitrogens is 5. The number of aryl methyl sites for hydroxylation is 1. The number of aliphatic hydroxyl groups is 1. The second kappa shape index (κ2) is 9.14. The van der Waals surface area contributed by atoms with Gasteiger partial charge in [-0.2, -0.15) is 4.80 Å². The zero-order valence-corrected chi connectivity index (χ0v) is 16.7. The molecule has 10 nitrogen and oxygen atoms in total. The van der Waals surface area contributed by atoms with Crippen molar-refractivity contribution in [2.45, 2.75) is 6.10 Å². The van der Waals surface area contributed by atoms with Gasteiger partial charge in [0.15, 0.2) is 0 Å². The lowest BCUT2D eigenvalue weighted by Gasteiger charge is -2.14. The van der Waals surface area contributed by atoms with Crippen molar-refractivity contribution >= 4 is 11.8 Å². The van der Waals surface area contributed by atoms with Gasteiger partial charge in [0.05, 0.1) is 32.5 Å². The quantitative estimate of drug-likeness (QED) is 0.539. The van der Waals surface area contributed by atoms with E-state index in [0.717, 1.165) is 0 Å². The maximum atomic E-state index is 14.8. The average Bonchev–Trinajstić information content (AvgIpc) is 3.37. The Kier molecular flexibility index (Phi) is 6.14. The molecule has 161 valence electrons. The van der Waals surface area contributed by atoms with Crippen LogP contribution in [0.15, 0.2) is 36.5 Å². The zero-order chi connectivity index (χ0) is 21.8. The highest BCUT2D eigenvalue weighted by Gasteiger charge is 2.32. The van der Waals surface area contributed by atoms with Gasteiger partial charge in [-0.25, -0.2) is 9.18 Å². The van der Waals surface area contributed by atoms with E-state index in [9.17, 15) is 9.18 Å². The summed E-state index contributed by atoms with van der Waals surface area (Å²) in [5.74, 6) is -0.111. The molecule has 1 aliphatic heterocycles. The summed E-state index contributed by atoms with van der Waals surface area (Å²) in [6.07, 6.45) is 2.06. The van der Waals surface area contributed by atoms with Crippen LogP contribution in [0.4, 0.5) is 14.9 Å². The number of rotatable bonds is 8. The van der Waals surface area contributed by atoms with Gasteiger partial charge in [0.1, 0.15) is 17.6 Å². The molecule has 31 heavy (non-hydrogen) atoms. The van der Waals surface area contributed by atoms with Gasteiger partial charge in [-0.05, 0) is 29.5 Å². The van der Waals surface area contributed by atoms with Gasteiger partial charge < -0.3 is 14.6 Å². The molecule has 0 unspecified atom stereocenters. The predicted molar refractivity (Wildman–Crippen MR) is 107 cm³/mol. The molecule has 3 aromatic rings. The highest BCUT2D eigenvalue weighted by Crippen LogP contribution is 2.29. The fraction of sp³-hybridized carbons (Fsp3) is 0.300. The average molecular weight is 427 g/mol. The lowest BCUT2D eigenvalue weighted by molar-refractivity contribution is 0.0519. The Balaban J connectivity index is 1.45. The number of carbonyl (C=O) groups is 1. The maximum absolute atomic E-state index is 14.8. The van der Waals surface area contributed by atoms with Crippen molar-refractivity contribution in [3.05, 3.63) is 48.8 Å². The van der Waals surface area contributed by atoms with Gasteiger partial charge in [0.25, 0.3) is 0 Å². The second-order valence-electron chi connectivity index (χ2n) is 6.82. The molecule has 0 spiro atoms. The Morgan fingerprint density at radius 2 is 2.23 bits per heavy atom. The minimum Gasteiger partial charge on any atom is -0.441 e. The summed E-state index contributed by atoms with van der Waals surface area (Å²) < 4.78 is 25.4. The van der Waals surface area contributed by atoms with Crippen molar-refractivity contribution in [3.63, 3.8) is 0 Å². The summed E-state index contributed by atoms with van der Waals surface area (Å²) in [5.41, 5.74) is 1.84. The molecule has 1 N–H and O–H groups in total. The van der Waals surface area contributed by atoms with Gasteiger partial charge in [0.2, 0.25) is 5.82 Å². The fourth-order valence-electron chi connectivity index (χ4n) is 3.13. The maximum Gasteiger partial charge on any atom is 0.414 e. The molecule has 1 aliphatic rings. The molecule has 1 fully saturated rings. The molecule has 2 aromatic heterocycles. The van der Waals surface area contributed by atoms with Gasteiger partial charge in [0, 0.05) is 30.4 Å². The number of halogens is 1. The van der Waals surface area contributed by atoms with E-state index in [1.807, 2.05) is 0 Å². The monoisotopic (exact) mass is 427 g/mol. The Morgan fingerprint density at radius 1 is 1.35 bits per heavy atom. The number of hydrogen-bond acceptors (Lipinski definition) is 8. The van der Waals surface area contributed by atoms with Crippen LogP contribution < -0.4 is 4.90 Å². The Morgan fingerprint density at radius 3 is 2.90 bits per heavy atom. The molecule has 0 aliphatic carbocycles. The van der Waals surface area contributed by atoms with Crippen LogP contribution in [-0.2, 0) is 16.5 Å². The Hall–Kier alpha value is -3.44. The highest BCUT2D eigenvalue weighted by atomic mass is 19.1. The third kappa shape index (κ3) is 4.67. The largest absolute Gasteiger partial charge is 0.441 e. The third-order valence-electron chi connectivity index (χ3n) is 4.62. The molecule has 1 aromatic carbocycles. The van der Waals surface area contributed by atoms with Crippen molar-refractivity contribution in [2.24, 2.45) is 7.05 Å². The predicted octanol–water partition coefficient (Wildman–Crippen LogP) is 1.62. The van der Waals surface area contributed by atoms with E-state index in [-0.39, 0.29) is 26.4 Å². The lowest BCUT2D eigenvalue weighted by Crippen LogP contribution is -2.26. The topological polar surface area (TPSA) is 115 Å². The summed E-state index contributed by atoms with van der Waals surface area (Å²) in [5, 5.41) is 20.5. The number of aliphatic hydroxyl groups excluding tert-OH is 1. The van der Waals surface area contributed by atoms with Crippen LogP contribution in [0.1, 0.15) is 0 Å². The number of benzene rings is 1. The number of amides is 1. The van der Waals surface area contributed by atoms with Crippen LogP contribution in [0.5, 0.6) is 0 Å². The van der Waals surface area contributed by atoms with Crippen molar-refractivity contribution < 1.29 is 23.8 Å². The molecule has 3 heterocycles. The zero-order valence-electron chi connectivity index (χ0n) is 16.7. The molecule has 0 bridgehead atoms. The van der Waals surface area contributed by atoms with E-state index >= 15 is 0 Å². The first-order chi connectivity index (χ1) is 15.0. The third-order valence-corrected chi connectivity index (χ3v) is 4.62. The van der Waals surface area contributed by atoms with Crippen molar-refractivity contribution in [3.8, 4) is 22.6 Å². The molecular formula is C20H20FN6O4. The Bertz CT molecular complexity index is 1060. The molecule has 1 amide bonds. The first-order valence-corrected chi connectivity index (χ1v) is 9.54. The van der Waals surface area contributed by atoms with Crippen LogP contribution in [0.3, 0.4) is 0 Å². The van der Waals surface area contributed by atoms with Crippen LogP contribution in [0.25, 0.3) is 22.6 Å². The lowest BCUT2D eigenvalue weighted by atomic mass is 10.1. The minimum absolute atomic E-state index is 0.0856. The van der Waals surface area contributed by atoms with Crippen molar-refractivity contribution in [1.82, 2.24) is 25.2 Å². The van der Waals surface area contributed by atoms with E-state index < -0.39 is 18.0 Å². The molecule has 1 radical (unpaired) electrons. The Labute approximate surface area is 177 Å². The van der Waals surface area contributed by atoms with Gasteiger partial charge >= 0.3 is 6.09 Å². The molecule has 1 atom stereocenters. The van der Waals surface area contributed by atoms with Crippen molar-refractivity contribution in [2.75, 3.05) is 31.3 Å². The molecule has 1 saturated heterocycles. The molecular weight excluding hydrogens is 407 g/mol. The van der Waals surface area contributed by atoms with E-state index in [1.54, 1.807) is 37.7 Å². The second-order valence-corrected chi connectivity index (χ2v) is 6.82. The standard InChI is InChI=1S/C20H20FN6O4/c1-26-24-19(23-25-26)18-6-3-13(10-22-18)16-5-4-14(9-17(16)21)27-11-15(31-20(27)29)12-30-8-2-7-28/h2-6,9-10,15,28H,7-8,11-12H2,1H3/t15-/m1/s1. The fourth-order valence-corrected chi connectivity index (χ4v) is 3.13. The van der Waals surface area contributed by atoms with Gasteiger partial charge in [-0.1, -0.05) is 6.07 Å². The van der Waals surface area contributed by atoms with Crippen molar-refractivity contribution in [1.29, 1.82) is 0 Å². The van der Waals surface area contributed by atoms with E-state index in [0.29, 0.717) is 28.3 Å². The highest BCUT2D eigenvalue weighted by molar-refractivity contribution is 5.90. The molecule has 4 rings (SSSR count). The summed E-state index contributed by atoms with van der Waals surface area (Å²) in [7, 11) is 1.66. The number of anilines is 1. The van der Waals surface area contributed by atoms with E-state index in [1.165, 1.54) is 22.0 Å². The van der Waals surface area contributed by atoms with E-state index in [4.69, 9.17) is 14.6 Å². The number of ether oxygens (including phenoxy) is 2. The van der Waals surface area contributed by atoms with Crippen LogP contribution in [0, 0.1) is 12.2 Å². The first-order valence-electron chi connectivity index (χ1n) is 9.54. The number of carbonyl (C=O) groups excluding carboxylic acids is 1. The van der Waals surface area contributed by atoms with E-state index in [2.05, 4.69) is 20.4 Å². The molecule has 11 heteroatoms. The number of tetrazole rings is 1. The first kappa shape index (κ1) is 20.8. The van der Waals surface area contributed by atoms with Crippen LogP contribution >= 0.6 is 0 Å². The number of cyclic esters (lactones) is 1. The normalized spacial score (nSPS) is 16.0.